The van der Waals surface area contributed by atoms with Gasteiger partial charge in [0.15, 0.2) is 0 Å². The van der Waals surface area contributed by atoms with Gasteiger partial charge in [-0.05, 0) is 63.0 Å². The van der Waals surface area contributed by atoms with Crippen molar-refractivity contribution in [3.63, 3.8) is 0 Å². The number of nitrogens with one attached hydrogen (secondary N) is 3. The molecule has 0 bridgehead atoms. The van der Waals surface area contributed by atoms with Crippen LogP contribution in [-0.2, 0) is 32.0 Å². The Balaban J connectivity index is 2.34. The second-order valence-corrected chi connectivity index (χ2v) is 13.1. The zero-order chi connectivity index (χ0) is 33.7. The molecule has 6 N–H and O–H groups in total. The van der Waals surface area contributed by atoms with Crippen molar-refractivity contribution >= 4 is 23.8 Å². The minimum absolute atomic E-state index is 0.00274. The maximum absolute atomic E-state index is 13.9. The van der Waals surface area contributed by atoms with E-state index in [0.29, 0.717) is 12.8 Å². The van der Waals surface area contributed by atoms with Crippen molar-refractivity contribution < 1.29 is 29.0 Å². The van der Waals surface area contributed by atoms with Gasteiger partial charge in [-0.15, -0.1) is 0 Å². The Bertz CT molecular complexity index is 1230. The summed E-state index contributed by atoms with van der Waals surface area (Å²) >= 11 is 0. The smallest absolute Gasteiger partial charge is 0.407 e. The molecule has 0 radical (unpaired) electrons. The number of alkyl carbamates (subject to hydrolysis) is 1. The molecule has 0 heterocycles. The van der Waals surface area contributed by atoms with Crippen LogP contribution in [-0.4, -0.2) is 58.8 Å². The second-order valence-electron chi connectivity index (χ2n) is 13.1. The normalized spacial score (nSPS) is 15.6. The molecule has 0 unspecified atom stereocenters. The van der Waals surface area contributed by atoms with Gasteiger partial charge in [-0.3, -0.25) is 14.4 Å². The summed E-state index contributed by atoms with van der Waals surface area (Å²) in [6, 6.07) is 16.2. The highest BCUT2D eigenvalue weighted by Gasteiger charge is 2.34. The van der Waals surface area contributed by atoms with Crippen molar-refractivity contribution in [2.24, 2.45) is 23.5 Å². The first kappa shape index (κ1) is 37.3. The van der Waals surface area contributed by atoms with Gasteiger partial charge in [-0.25, -0.2) is 4.79 Å². The molecule has 2 aromatic rings. The first-order valence-corrected chi connectivity index (χ1v) is 15.8. The van der Waals surface area contributed by atoms with Gasteiger partial charge in [0.25, 0.3) is 0 Å². The van der Waals surface area contributed by atoms with Crippen LogP contribution in [0.25, 0.3) is 0 Å². The van der Waals surface area contributed by atoms with Crippen LogP contribution in [0.1, 0.15) is 72.4 Å². The Kier molecular flexibility index (Phi) is 14.5. The number of aliphatic hydroxyl groups excluding tert-OH is 1. The number of carbonyl (C=O) groups excluding carboxylic acids is 4. The molecule has 0 aliphatic carbocycles. The molecular weight excluding hydrogens is 572 g/mol. The molecule has 2 aromatic carbocycles. The van der Waals surface area contributed by atoms with Gasteiger partial charge >= 0.3 is 6.09 Å². The van der Waals surface area contributed by atoms with Crippen LogP contribution in [0.5, 0.6) is 0 Å². The molecule has 45 heavy (non-hydrogen) atoms. The molecule has 6 atom stereocenters. The van der Waals surface area contributed by atoms with Crippen LogP contribution in [0.4, 0.5) is 4.79 Å². The lowest BCUT2D eigenvalue weighted by atomic mass is 9.88. The highest BCUT2D eigenvalue weighted by molar-refractivity contribution is 5.92. The number of primary amides is 1. The molecule has 2 rings (SSSR count). The number of carbonyl (C=O) groups is 4. The van der Waals surface area contributed by atoms with E-state index >= 15 is 0 Å². The van der Waals surface area contributed by atoms with E-state index in [9.17, 15) is 24.3 Å². The average molecular weight is 625 g/mol. The van der Waals surface area contributed by atoms with E-state index in [1.807, 2.05) is 74.5 Å². The fourth-order valence-electron chi connectivity index (χ4n) is 5.03. The predicted octanol–water partition coefficient (Wildman–Crippen LogP) is 3.89. The Morgan fingerprint density at radius 3 is 1.78 bits per heavy atom. The summed E-state index contributed by atoms with van der Waals surface area (Å²) in [5.41, 5.74) is 6.60. The number of benzene rings is 2. The molecule has 0 saturated carbocycles. The summed E-state index contributed by atoms with van der Waals surface area (Å²) in [5, 5.41) is 20.0. The van der Waals surface area contributed by atoms with Crippen molar-refractivity contribution in [1.82, 2.24) is 16.0 Å². The minimum Gasteiger partial charge on any atom is -0.444 e. The third-order valence-corrected chi connectivity index (χ3v) is 7.75. The molecule has 10 nitrogen and oxygen atoms in total. The molecular formula is C35H52N4O6. The van der Waals surface area contributed by atoms with E-state index in [-0.39, 0.29) is 24.7 Å². The average Bonchev–Trinajstić information content (AvgIpc) is 2.97. The van der Waals surface area contributed by atoms with Gasteiger partial charge in [0, 0.05) is 5.92 Å². The number of nitrogens with two attached hydrogens (primary N) is 1. The lowest BCUT2D eigenvalue weighted by Gasteiger charge is -2.30. The van der Waals surface area contributed by atoms with Gasteiger partial charge in [-0.2, -0.15) is 0 Å². The fraction of sp³-hybridized carbons (Fsp3) is 0.543. The fourth-order valence-corrected chi connectivity index (χ4v) is 5.03. The van der Waals surface area contributed by atoms with Gasteiger partial charge in [-0.1, -0.05) is 94.8 Å². The molecule has 248 valence electrons. The number of hydrogen-bond donors (Lipinski definition) is 5. The molecule has 0 aliphatic heterocycles. The quantitative estimate of drug-likeness (QED) is 0.191. The molecule has 0 aromatic heterocycles. The molecule has 0 spiro atoms. The van der Waals surface area contributed by atoms with Crippen molar-refractivity contribution in [2.45, 2.75) is 104 Å². The van der Waals surface area contributed by atoms with Crippen LogP contribution in [0, 0.1) is 17.8 Å². The van der Waals surface area contributed by atoms with Crippen LogP contribution in [0.2, 0.25) is 0 Å². The summed E-state index contributed by atoms with van der Waals surface area (Å²) in [6.45, 7) is 12.6. The van der Waals surface area contributed by atoms with Crippen molar-refractivity contribution in [1.29, 1.82) is 0 Å². The third kappa shape index (κ3) is 12.9. The van der Waals surface area contributed by atoms with Gasteiger partial charge in [0.2, 0.25) is 17.7 Å². The maximum Gasteiger partial charge on any atom is 0.407 e. The molecule has 10 heteroatoms. The maximum atomic E-state index is 13.9. The minimum atomic E-state index is -1.13. The molecule has 0 saturated heterocycles. The zero-order valence-corrected chi connectivity index (χ0v) is 27.7. The van der Waals surface area contributed by atoms with E-state index in [1.165, 1.54) is 0 Å². The van der Waals surface area contributed by atoms with Gasteiger partial charge in [0.05, 0.1) is 12.1 Å². The molecule has 0 fully saturated rings. The van der Waals surface area contributed by atoms with Crippen LogP contribution < -0.4 is 21.7 Å². The highest BCUT2D eigenvalue weighted by atomic mass is 16.6. The first-order chi connectivity index (χ1) is 21.1. The van der Waals surface area contributed by atoms with E-state index in [2.05, 4.69) is 16.0 Å². The largest absolute Gasteiger partial charge is 0.444 e. The summed E-state index contributed by atoms with van der Waals surface area (Å²) in [7, 11) is 0. The summed E-state index contributed by atoms with van der Waals surface area (Å²) < 4.78 is 5.46. The number of aliphatic hydroxyl groups is 1. The zero-order valence-electron chi connectivity index (χ0n) is 27.7. The summed E-state index contributed by atoms with van der Waals surface area (Å²) in [6.07, 6.45) is -0.580. The van der Waals surface area contributed by atoms with Crippen molar-refractivity contribution in [3.8, 4) is 0 Å². The number of ether oxygens (including phenoxy) is 1. The van der Waals surface area contributed by atoms with Crippen LogP contribution in [0.3, 0.4) is 0 Å². The number of hydrogen-bond acceptors (Lipinski definition) is 6. The Morgan fingerprint density at radius 2 is 1.31 bits per heavy atom. The Labute approximate surface area is 267 Å². The molecule has 0 aliphatic rings. The topological polar surface area (TPSA) is 160 Å². The van der Waals surface area contributed by atoms with Crippen molar-refractivity contribution in [2.75, 3.05) is 0 Å². The van der Waals surface area contributed by atoms with Gasteiger partial charge < -0.3 is 31.5 Å². The lowest BCUT2D eigenvalue weighted by molar-refractivity contribution is -0.134. The van der Waals surface area contributed by atoms with E-state index in [0.717, 1.165) is 11.1 Å². The standard InChI is InChI=1S/C35H52N4O6/c1-8-23(4)30(31(36)41)39-33(43)29(22(2)3)38-32(42)26(19-24-15-11-9-12-16-24)21-28(40)27(20-25-17-13-10-14-18-25)37-34(44)45-35(5,6)7/h9-18,22-23,26-30,40H,8,19-21H2,1-7H3,(H2,36,41)(H,37,44)(H,38,42)(H,39,43)/t23-,26-,27-,28+,29-,30-/m0/s1. The lowest BCUT2D eigenvalue weighted by Crippen LogP contribution is -2.57. The Hall–Kier alpha value is -3.92. The van der Waals surface area contributed by atoms with Crippen molar-refractivity contribution in [3.05, 3.63) is 71.8 Å². The third-order valence-electron chi connectivity index (χ3n) is 7.75. The van der Waals surface area contributed by atoms with Crippen LogP contribution >= 0.6 is 0 Å². The summed E-state index contributed by atoms with van der Waals surface area (Å²) in [5.74, 6) is -2.82. The number of rotatable bonds is 16. The second kappa shape index (κ2) is 17.5. The summed E-state index contributed by atoms with van der Waals surface area (Å²) in [4.78, 5) is 52.1. The van der Waals surface area contributed by atoms with E-state index in [1.54, 1.807) is 34.6 Å². The predicted molar refractivity (Wildman–Crippen MR) is 175 cm³/mol. The van der Waals surface area contributed by atoms with Gasteiger partial charge in [0.1, 0.15) is 17.7 Å². The van der Waals surface area contributed by atoms with E-state index < -0.39 is 59.6 Å². The first-order valence-electron chi connectivity index (χ1n) is 15.8. The number of amides is 4. The van der Waals surface area contributed by atoms with Crippen LogP contribution in [0.15, 0.2) is 60.7 Å². The monoisotopic (exact) mass is 624 g/mol. The Morgan fingerprint density at radius 1 is 0.800 bits per heavy atom. The SMILES string of the molecule is CC[C@H](C)[C@H](NC(=O)[C@@H](NC(=O)[C@@H](Cc1ccccc1)C[C@@H](O)[C@H](Cc1ccccc1)NC(=O)OC(C)(C)C)C(C)C)C(N)=O. The van der Waals surface area contributed by atoms with E-state index in [4.69, 9.17) is 10.5 Å². The highest BCUT2D eigenvalue weighted by Crippen LogP contribution is 2.20. The molecule has 4 amide bonds.